The lowest BCUT2D eigenvalue weighted by molar-refractivity contribution is 0.452. The summed E-state index contributed by atoms with van der Waals surface area (Å²) in [6, 6.07) is 10.2. The topological polar surface area (TPSA) is 34.2 Å². The number of aromatic nitrogens is 1. The molecule has 0 unspecified atom stereocenters. The maximum Gasteiger partial charge on any atom is 0.146 e. The van der Waals surface area contributed by atoms with E-state index in [0.29, 0.717) is 0 Å². The number of nitrogens with one attached hydrogen (secondary N) is 1. The summed E-state index contributed by atoms with van der Waals surface area (Å²) in [6.07, 6.45) is 3.63. The molecule has 3 nitrogen and oxygen atoms in total. The monoisotopic (exact) mass is 284 g/mol. The van der Waals surface area contributed by atoms with Crippen LogP contribution >= 0.6 is 0 Å². The minimum Gasteiger partial charge on any atom is -0.455 e. The molecule has 21 heavy (non-hydrogen) atoms. The summed E-state index contributed by atoms with van der Waals surface area (Å²) in [4.78, 5) is 4.26. The van der Waals surface area contributed by atoms with Crippen molar-refractivity contribution in [1.29, 1.82) is 0 Å². The number of para-hydroxylation sites is 1. The molecule has 112 valence electrons. The van der Waals surface area contributed by atoms with Crippen LogP contribution in [0.15, 0.2) is 42.7 Å². The summed E-state index contributed by atoms with van der Waals surface area (Å²) in [5, 5.41) is 3.30. The predicted octanol–water partition coefficient (Wildman–Crippen LogP) is 4.28. The van der Waals surface area contributed by atoms with E-state index < -0.39 is 0 Å². The average Bonchev–Trinajstić information content (AvgIpc) is 2.45. The van der Waals surface area contributed by atoms with Crippen molar-refractivity contribution in [1.82, 2.24) is 10.3 Å². The first kappa shape index (κ1) is 15.5. The molecule has 1 aromatic carbocycles. The summed E-state index contributed by atoms with van der Waals surface area (Å²) < 4.78 is 6.07. The van der Waals surface area contributed by atoms with E-state index in [1.165, 1.54) is 5.56 Å². The molecule has 3 heteroatoms. The van der Waals surface area contributed by atoms with Crippen molar-refractivity contribution < 1.29 is 4.74 Å². The van der Waals surface area contributed by atoms with Crippen LogP contribution in [0.5, 0.6) is 11.5 Å². The van der Waals surface area contributed by atoms with Crippen molar-refractivity contribution in [3.63, 3.8) is 0 Å². The predicted molar refractivity (Wildman–Crippen MR) is 86.8 cm³/mol. The fourth-order valence-corrected chi connectivity index (χ4v) is 2.19. The summed E-state index contributed by atoms with van der Waals surface area (Å²) in [6.45, 7) is 10.4. The molecule has 0 saturated carbocycles. The SMILES string of the molecule is CCNCc1cncc(Oc2ccccc2C(C)(C)C)c1. The Hall–Kier alpha value is -1.87. The van der Waals surface area contributed by atoms with Crippen molar-refractivity contribution >= 4 is 0 Å². The van der Waals surface area contributed by atoms with Gasteiger partial charge in [0.2, 0.25) is 0 Å². The lowest BCUT2D eigenvalue weighted by atomic mass is 9.86. The normalized spacial score (nSPS) is 11.4. The molecule has 0 radical (unpaired) electrons. The molecule has 0 bridgehead atoms. The zero-order valence-electron chi connectivity index (χ0n) is 13.3. The van der Waals surface area contributed by atoms with E-state index in [9.17, 15) is 0 Å². The van der Waals surface area contributed by atoms with E-state index in [1.54, 1.807) is 6.20 Å². The van der Waals surface area contributed by atoms with E-state index in [4.69, 9.17) is 4.74 Å². The molecule has 1 N–H and O–H groups in total. The highest BCUT2D eigenvalue weighted by Gasteiger charge is 2.18. The van der Waals surface area contributed by atoms with Gasteiger partial charge in [-0.3, -0.25) is 4.98 Å². The number of hydrogen-bond donors (Lipinski definition) is 1. The molecule has 0 aliphatic heterocycles. The van der Waals surface area contributed by atoms with Gasteiger partial charge >= 0.3 is 0 Å². The largest absolute Gasteiger partial charge is 0.455 e. The maximum atomic E-state index is 6.07. The molecule has 1 aromatic heterocycles. The third kappa shape index (κ3) is 4.30. The summed E-state index contributed by atoms with van der Waals surface area (Å²) in [5.41, 5.74) is 2.37. The van der Waals surface area contributed by atoms with Crippen LogP contribution in [0, 0.1) is 0 Å². The lowest BCUT2D eigenvalue weighted by Gasteiger charge is -2.22. The van der Waals surface area contributed by atoms with Crippen LogP contribution in [0.25, 0.3) is 0 Å². The van der Waals surface area contributed by atoms with Gasteiger partial charge in [-0.2, -0.15) is 0 Å². The first-order valence-electron chi connectivity index (χ1n) is 7.42. The zero-order chi connectivity index (χ0) is 15.3. The van der Waals surface area contributed by atoms with Crippen molar-refractivity contribution in [3.8, 4) is 11.5 Å². The lowest BCUT2D eigenvalue weighted by Crippen LogP contribution is -2.13. The van der Waals surface area contributed by atoms with Gasteiger partial charge in [0, 0.05) is 18.3 Å². The smallest absolute Gasteiger partial charge is 0.146 e. The van der Waals surface area contributed by atoms with Crippen LogP contribution in [-0.2, 0) is 12.0 Å². The van der Waals surface area contributed by atoms with Gasteiger partial charge in [0.15, 0.2) is 0 Å². The highest BCUT2D eigenvalue weighted by Crippen LogP contribution is 2.33. The molecule has 1 heterocycles. The highest BCUT2D eigenvalue weighted by molar-refractivity contribution is 5.41. The second-order valence-electron chi connectivity index (χ2n) is 6.16. The molecule has 0 amide bonds. The molecule has 0 spiro atoms. The van der Waals surface area contributed by atoms with Gasteiger partial charge in [-0.25, -0.2) is 0 Å². The Balaban J connectivity index is 2.23. The second kappa shape index (κ2) is 6.72. The zero-order valence-corrected chi connectivity index (χ0v) is 13.3. The molecule has 0 saturated heterocycles. The first-order chi connectivity index (χ1) is 10.0. The summed E-state index contributed by atoms with van der Waals surface area (Å²) >= 11 is 0. The van der Waals surface area contributed by atoms with Crippen molar-refractivity contribution in [3.05, 3.63) is 53.9 Å². The number of benzene rings is 1. The third-order valence-corrected chi connectivity index (χ3v) is 3.27. The third-order valence-electron chi connectivity index (χ3n) is 3.27. The van der Waals surface area contributed by atoms with Crippen LogP contribution < -0.4 is 10.1 Å². The Morgan fingerprint density at radius 1 is 1.14 bits per heavy atom. The maximum absolute atomic E-state index is 6.07. The van der Waals surface area contributed by atoms with E-state index in [0.717, 1.165) is 30.2 Å². The van der Waals surface area contributed by atoms with E-state index in [-0.39, 0.29) is 5.41 Å². The highest BCUT2D eigenvalue weighted by atomic mass is 16.5. The standard InChI is InChI=1S/C18H24N2O/c1-5-19-11-14-10-15(13-20-12-14)21-17-9-7-6-8-16(17)18(2,3)4/h6-10,12-13,19H,5,11H2,1-4H3. The van der Waals surface area contributed by atoms with Crippen LogP contribution in [0.4, 0.5) is 0 Å². The molecule has 0 atom stereocenters. The minimum absolute atomic E-state index is 0.0470. The summed E-state index contributed by atoms with van der Waals surface area (Å²) in [7, 11) is 0. The van der Waals surface area contributed by atoms with E-state index in [1.807, 2.05) is 30.5 Å². The van der Waals surface area contributed by atoms with Gasteiger partial charge in [-0.1, -0.05) is 45.9 Å². The molecule has 0 aliphatic carbocycles. The fraction of sp³-hybridized carbons (Fsp3) is 0.389. The number of ether oxygens (including phenoxy) is 1. The van der Waals surface area contributed by atoms with Crippen LogP contribution in [-0.4, -0.2) is 11.5 Å². The Morgan fingerprint density at radius 2 is 1.90 bits per heavy atom. The van der Waals surface area contributed by atoms with Crippen molar-refractivity contribution in [2.45, 2.75) is 39.7 Å². The molecule has 0 aliphatic rings. The molecule has 2 aromatic rings. The van der Waals surface area contributed by atoms with E-state index in [2.05, 4.69) is 44.1 Å². The Bertz CT molecular complexity index is 588. The number of pyridine rings is 1. The first-order valence-corrected chi connectivity index (χ1v) is 7.42. The number of hydrogen-bond acceptors (Lipinski definition) is 3. The van der Waals surface area contributed by atoms with Gasteiger partial charge in [0.1, 0.15) is 11.5 Å². The van der Waals surface area contributed by atoms with Gasteiger partial charge in [0.25, 0.3) is 0 Å². The van der Waals surface area contributed by atoms with Crippen LogP contribution in [0.1, 0.15) is 38.8 Å². The number of nitrogens with zero attached hydrogens (tertiary/aromatic N) is 1. The van der Waals surface area contributed by atoms with Crippen LogP contribution in [0.2, 0.25) is 0 Å². The number of rotatable bonds is 5. The Kier molecular flexibility index (Phi) is 4.97. The molecule has 0 fully saturated rings. The summed E-state index contributed by atoms with van der Waals surface area (Å²) in [5.74, 6) is 1.68. The quantitative estimate of drug-likeness (QED) is 0.889. The van der Waals surface area contributed by atoms with Gasteiger partial charge in [0.05, 0.1) is 6.20 Å². The molecular weight excluding hydrogens is 260 g/mol. The van der Waals surface area contributed by atoms with Crippen LogP contribution in [0.3, 0.4) is 0 Å². The van der Waals surface area contributed by atoms with Crippen molar-refractivity contribution in [2.24, 2.45) is 0 Å². The molecule has 2 rings (SSSR count). The van der Waals surface area contributed by atoms with Gasteiger partial charge < -0.3 is 10.1 Å². The van der Waals surface area contributed by atoms with Crippen molar-refractivity contribution in [2.75, 3.05) is 6.54 Å². The Labute approximate surface area is 127 Å². The van der Waals surface area contributed by atoms with Gasteiger partial charge in [-0.05, 0) is 29.7 Å². The second-order valence-corrected chi connectivity index (χ2v) is 6.16. The fourth-order valence-electron chi connectivity index (χ4n) is 2.19. The molecular formula is C18H24N2O. The Morgan fingerprint density at radius 3 is 2.62 bits per heavy atom. The van der Waals surface area contributed by atoms with Gasteiger partial charge in [-0.15, -0.1) is 0 Å². The van der Waals surface area contributed by atoms with E-state index >= 15 is 0 Å². The minimum atomic E-state index is 0.0470. The average molecular weight is 284 g/mol.